The summed E-state index contributed by atoms with van der Waals surface area (Å²) in [5.41, 5.74) is -0.670. The molecule has 0 unspecified atom stereocenters. The molecular weight excluding hydrogens is 307 g/mol. The molecule has 1 aromatic carbocycles. The number of nitro groups is 1. The van der Waals surface area contributed by atoms with Crippen molar-refractivity contribution in [2.45, 2.75) is 32.1 Å². The first-order valence-electron chi connectivity index (χ1n) is 7.35. The largest absolute Gasteiger partial charge is 0.456 e. The molecule has 0 spiro atoms. The Morgan fingerprint density at radius 1 is 1.35 bits per heavy atom. The van der Waals surface area contributed by atoms with Gasteiger partial charge in [0.2, 0.25) is 0 Å². The number of anilines is 1. The van der Waals surface area contributed by atoms with Gasteiger partial charge in [0.15, 0.2) is 6.61 Å². The molecule has 0 radical (unpaired) electrons. The van der Waals surface area contributed by atoms with Crippen molar-refractivity contribution in [1.29, 1.82) is 0 Å². The first kappa shape index (κ1) is 16.9. The Balaban J connectivity index is 1.83. The number of ether oxygens (including phenoxy) is 1. The highest BCUT2D eigenvalue weighted by Gasteiger charge is 2.20. The third kappa shape index (κ3) is 5.01. The van der Waals surface area contributed by atoms with Gasteiger partial charge in [-0.25, -0.2) is 4.39 Å². The quantitative estimate of drug-likeness (QED) is 0.493. The lowest BCUT2D eigenvalue weighted by atomic mass is 10.1. The molecule has 0 bridgehead atoms. The number of halogens is 1. The Bertz CT molecular complexity index is 614. The van der Waals surface area contributed by atoms with Crippen LogP contribution in [0.1, 0.15) is 32.1 Å². The third-order valence-corrected chi connectivity index (χ3v) is 3.73. The summed E-state index contributed by atoms with van der Waals surface area (Å²) in [4.78, 5) is 33.2. The van der Waals surface area contributed by atoms with Crippen molar-refractivity contribution in [2.75, 3.05) is 11.9 Å². The average Bonchev–Trinajstić information content (AvgIpc) is 3.00. The standard InChI is InChI=1S/C15H17FN2O5/c16-12-6-5-11(18(21)22)8-13(12)17-14(19)9-23-15(20)7-10-3-1-2-4-10/h5-6,8,10H,1-4,7,9H2,(H,17,19). The summed E-state index contributed by atoms with van der Waals surface area (Å²) in [5.74, 6) is -1.71. The molecule has 0 aromatic heterocycles. The summed E-state index contributed by atoms with van der Waals surface area (Å²) < 4.78 is 18.4. The van der Waals surface area contributed by atoms with Crippen molar-refractivity contribution in [3.8, 4) is 0 Å². The fourth-order valence-electron chi connectivity index (χ4n) is 2.56. The topological polar surface area (TPSA) is 98.5 Å². The first-order valence-corrected chi connectivity index (χ1v) is 7.35. The zero-order valence-electron chi connectivity index (χ0n) is 12.4. The van der Waals surface area contributed by atoms with Gasteiger partial charge in [-0.05, 0) is 24.8 Å². The summed E-state index contributed by atoms with van der Waals surface area (Å²) in [6.45, 7) is -0.548. The number of amides is 1. The summed E-state index contributed by atoms with van der Waals surface area (Å²) in [7, 11) is 0. The van der Waals surface area contributed by atoms with Gasteiger partial charge in [-0.2, -0.15) is 0 Å². The number of benzene rings is 1. The van der Waals surface area contributed by atoms with Crippen LogP contribution in [0, 0.1) is 21.8 Å². The van der Waals surface area contributed by atoms with Crippen LogP contribution in [-0.2, 0) is 14.3 Å². The van der Waals surface area contributed by atoms with Gasteiger partial charge in [-0.1, -0.05) is 12.8 Å². The van der Waals surface area contributed by atoms with E-state index in [0.717, 1.165) is 43.9 Å². The Kier molecular flexibility index (Phi) is 5.61. The number of nitro benzene ring substituents is 1. The van der Waals surface area contributed by atoms with E-state index in [1.165, 1.54) is 0 Å². The van der Waals surface area contributed by atoms with Crippen molar-refractivity contribution >= 4 is 23.3 Å². The summed E-state index contributed by atoms with van der Waals surface area (Å²) >= 11 is 0. The maximum absolute atomic E-state index is 13.5. The molecule has 23 heavy (non-hydrogen) atoms. The van der Waals surface area contributed by atoms with Crippen molar-refractivity contribution in [2.24, 2.45) is 5.92 Å². The maximum Gasteiger partial charge on any atom is 0.306 e. The second-order valence-corrected chi connectivity index (χ2v) is 5.48. The molecule has 0 atom stereocenters. The molecule has 0 saturated heterocycles. The van der Waals surface area contributed by atoms with Crippen LogP contribution in [0.2, 0.25) is 0 Å². The van der Waals surface area contributed by atoms with Gasteiger partial charge in [0.25, 0.3) is 11.6 Å². The highest BCUT2D eigenvalue weighted by atomic mass is 19.1. The predicted octanol–water partition coefficient (Wildman–Crippen LogP) is 2.80. The van der Waals surface area contributed by atoms with Gasteiger partial charge in [0, 0.05) is 18.6 Å². The molecule has 1 fully saturated rings. The van der Waals surface area contributed by atoms with Crippen LogP contribution in [0.5, 0.6) is 0 Å². The minimum Gasteiger partial charge on any atom is -0.456 e. The van der Waals surface area contributed by atoms with Gasteiger partial charge in [0.1, 0.15) is 5.82 Å². The fourth-order valence-corrected chi connectivity index (χ4v) is 2.56. The maximum atomic E-state index is 13.5. The van der Waals surface area contributed by atoms with E-state index in [0.29, 0.717) is 5.92 Å². The molecule has 1 aliphatic rings. The van der Waals surface area contributed by atoms with Crippen molar-refractivity contribution in [3.05, 3.63) is 34.1 Å². The van der Waals surface area contributed by atoms with Crippen LogP contribution >= 0.6 is 0 Å². The van der Waals surface area contributed by atoms with E-state index in [2.05, 4.69) is 5.32 Å². The first-order chi connectivity index (χ1) is 11.0. The van der Waals surface area contributed by atoms with Crippen LogP contribution < -0.4 is 5.32 Å². The Morgan fingerprint density at radius 2 is 2.04 bits per heavy atom. The molecule has 0 aliphatic heterocycles. The molecule has 1 saturated carbocycles. The predicted molar refractivity (Wildman–Crippen MR) is 79.2 cm³/mol. The summed E-state index contributed by atoms with van der Waals surface area (Å²) in [6, 6.07) is 2.79. The van der Waals surface area contributed by atoms with Crippen LogP contribution in [0.3, 0.4) is 0 Å². The van der Waals surface area contributed by atoms with Crippen molar-refractivity contribution < 1.29 is 23.6 Å². The SMILES string of the molecule is O=C(COC(=O)CC1CCCC1)Nc1cc([N+](=O)[O-])ccc1F. The lowest BCUT2D eigenvalue weighted by Gasteiger charge is -2.09. The fraction of sp³-hybridized carbons (Fsp3) is 0.467. The number of nitrogens with zero attached hydrogens (tertiary/aromatic N) is 1. The molecule has 1 aromatic rings. The molecule has 2 rings (SSSR count). The number of carbonyl (C=O) groups excluding carboxylic acids is 2. The van der Waals surface area contributed by atoms with Gasteiger partial charge in [-0.15, -0.1) is 0 Å². The van der Waals surface area contributed by atoms with Crippen LogP contribution in [0.15, 0.2) is 18.2 Å². The van der Waals surface area contributed by atoms with E-state index in [-0.39, 0.29) is 17.8 Å². The number of non-ortho nitro benzene ring substituents is 1. The number of esters is 1. The Labute approximate surface area is 132 Å². The molecular formula is C15H17FN2O5. The lowest BCUT2D eigenvalue weighted by molar-refractivity contribution is -0.384. The van der Waals surface area contributed by atoms with E-state index >= 15 is 0 Å². The number of hydrogen-bond acceptors (Lipinski definition) is 5. The van der Waals surface area contributed by atoms with E-state index in [1.807, 2.05) is 0 Å². The molecule has 1 aliphatic carbocycles. The Hall–Kier alpha value is -2.51. The highest BCUT2D eigenvalue weighted by Crippen LogP contribution is 2.27. The van der Waals surface area contributed by atoms with Crippen LogP contribution in [0.25, 0.3) is 0 Å². The highest BCUT2D eigenvalue weighted by molar-refractivity contribution is 5.93. The monoisotopic (exact) mass is 324 g/mol. The van der Waals surface area contributed by atoms with E-state index in [9.17, 15) is 24.1 Å². The minimum atomic E-state index is -0.804. The molecule has 124 valence electrons. The molecule has 1 amide bonds. The van der Waals surface area contributed by atoms with Crippen LogP contribution in [-0.4, -0.2) is 23.4 Å². The van der Waals surface area contributed by atoms with Gasteiger partial charge < -0.3 is 10.1 Å². The number of carbonyl (C=O) groups is 2. The smallest absolute Gasteiger partial charge is 0.306 e. The molecule has 1 N–H and O–H groups in total. The van der Waals surface area contributed by atoms with E-state index in [4.69, 9.17) is 4.74 Å². The zero-order valence-corrected chi connectivity index (χ0v) is 12.4. The molecule has 8 heteroatoms. The molecule has 7 nitrogen and oxygen atoms in total. The van der Waals surface area contributed by atoms with Gasteiger partial charge in [-0.3, -0.25) is 19.7 Å². The Morgan fingerprint density at radius 3 is 2.70 bits per heavy atom. The summed E-state index contributed by atoms with van der Waals surface area (Å²) in [5, 5.41) is 12.8. The lowest BCUT2D eigenvalue weighted by Crippen LogP contribution is -2.22. The minimum absolute atomic E-state index is 0.276. The number of hydrogen-bond donors (Lipinski definition) is 1. The van der Waals surface area contributed by atoms with Gasteiger partial charge >= 0.3 is 5.97 Å². The van der Waals surface area contributed by atoms with Crippen LogP contribution in [0.4, 0.5) is 15.8 Å². The van der Waals surface area contributed by atoms with E-state index in [1.54, 1.807) is 0 Å². The second-order valence-electron chi connectivity index (χ2n) is 5.48. The molecule has 0 heterocycles. The zero-order chi connectivity index (χ0) is 16.8. The third-order valence-electron chi connectivity index (χ3n) is 3.73. The van der Waals surface area contributed by atoms with Crippen molar-refractivity contribution in [3.63, 3.8) is 0 Å². The second kappa shape index (κ2) is 7.66. The van der Waals surface area contributed by atoms with Crippen molar-refractivity contribution in [1.82, 2.24) is 0 Å². The average molecular weight is 324 g/mol. The van der Waals surface area contributed by atoms with Gasteiger partial charge in [0.05, 0.1) is 10.6 Å². The normalized spacial score (nSPS) is 14.5. The number of rotatable bonds is 6. The summed E-state index contributed by atoms with van der Waals surface area (Å²) in [6.07, 6.45) is 4.45. The number of nitrogens with one attached hydrogen (secondary N) is 1. The van der Waals surface area contributed by atoms with E-state index < -0.39 is 29.2 Å².